The molecule has 16 heteroatoms. The number of nitrogens with two attached hydrogens (primary N) is 1. The van der Waals surface area contributed by atoms with Gasteiger partial charge in [-0.3, -0.25) is 14.5 Å². The molecule has 4 rings (SSSR count). The number of nitrogens with one attached hydrogen (secondary N) is 1. The number of hydrogen-bond donors (Lipinski definition) is 4. The number of nitrogen functional groups attached to an aromatic ring is 1. The Bertz CT molecular complexity index is 1180. The first-order chi connectivity index (χ1) is 15.3. The lowest BCUT2D eigenvalue weighted by molar-refractivity contribution is -0.693. The molecule has 0 saturated carbocycles. The summed E-state index contributed by atoms with van der Waals surface area (Å²) in [4.78, 5) is 45.6. The molecule has 0 aromatic carbocycles. The van der Waals surface area contributed by atoms with Gasteiger partial charge in [-0.1, -0.05) is 10.1 Å². The first-order valence-corrected chi connectivity index (χ1v) is 10.6. The molecule has 166 valence electrons. The highest BCUT2D eigenvalue weighted by Crippen LogP contribution is 2.40. The molecule has 13 nitrogen and oxygen atoms in total. The van der Waals surface area contributed by atoms with Gasteiger partial charge in [0.05, 0.1) is 0 Å². The minimum Gasteiger partial charge on any atom is -0.477 e. The van der Waals surface area contributed by atoms with Crippen LogP contribution in [0.1, 0.15) is 5.82 Å². The van der Waals surface area contributed by atoms with Gasteiger partial charge in [0.15, 0.2) is 11.3 Å². The van der Waals surface area contributed by atoms with Gasteiger partial charge in [-0.25, -0.2) is 9.36 Å². The average molecular weight is 481 g/mol. The van der Waals surface area contributed by atoms with Crippen molar-refractivity contribution in [1.82, 2.24) is 24.6 Å². The molecule has 2 aromatic heterocycles. The number of carbonyl (C=O) groups excluding carboxylic acids is 2. The van der Waals surface area contributed by atoms with Crippen LogP contribution in [0.2, 0.25) is 0 Å². The number of aromatic nitrogens is 4. The molecule has 4 heterocycles. The van der Waals surface area contributed by atoms with E-state index >= 15 is 0 Å². The van der Waals surface area contributed by atoms with E-state index in [1.165, 1.54) is 22.7 Å². The van der Waals surface area contributed by atoms with Gasteiger partial charge < -0.3 is 21.4 Å². The van der Waals surface area contributed by atoms with E-state index in [4.69, 9.17) is 10.9 Å². The predicted octanol–water partition coefficient (Wildman–Crippen LogP) is -1.44. The Morgan fingerprint density at radius 2 is 2.25 bits per heavy atom. The van der Waals surface area contributed by atoms with E-state index in [1.54, 1.807) is 0 Å². The molecular weight excluding hydrogens is 467 g/mol. The molecule has 2 aliphatic rings. The number of carbonyl (C=O) groups is 3. The van der Waals surface area contributed by atoms with Gasteiger partial charge in [0.1, 0.15) is 29.9 Å². The highest BCUT2D eigenvalue weighted by molar-refractivity contribution is 8.00. The summed E-state index contributed by atoms with van der Waals surface area (Å²) in [6.45, 7) is 0.0190. The van der Waals surface area contributed by atoms with Crippen molar-refractivity contribution in [3.8, 4) is 0 Å². The summed E-state index contributed by atoms with van der Waals surface area (Å²) in [6.07, 6.45) is 3.51. The molecule has 2 aromatic rings. The molecule has 0 aliphatic carbocycles. The van der Waals surface area contributed by atoms with Gasteiger partial charge in [-0.05, 0) is 0 Å². The minimum absolute atomic E-state index is 0.0190. The maximum Gasteiger partial charge on any atom is 0.352 e. The number of thioether (sulfide) groups is 1. The number of amides is 2. The third-order valence-corrected chi connectivity index (χ3v) is 6.46. The summed E-state index contributed by atoms with van der Waals surface area (Å²) in [5.74, 6) is -3.48. The molecular formula is C16H14FN8O5S2+. The number of hydrogen-bond acceptors (Lipinski definition) is 11. The van der Waals surface area contributed by atoms with Gasteiger partial charge in [-0.2, -0.15) is 13.7 Å². The third kappa shape index (κ3) is 3.84. The molecule has 1 fully saturated rings. The zero-order chi connectivity index (χ0) is 23.0. The standard InChI is InChI=1S/C16H13FN8O5S2/c17-7-1-19-5-24(3-7)2-6-4-31-14-9(13(27)25(14)10(6)15(28)29)20-12(26)8(22-30)11-21-16(18)32-23-11/h1,3,5,9,14H,2,4H2,(H4-,18,20,21,23,26,28,29,30)/p+1/t9-,14?/m1/s1. The van der Waals surface area contributed by atoms with Gasteiger partial charge in [0, 0.05) is 22.9 Å². The molecule has 1 unspecified atom stereocenters. The summed E-state index contributed by atoms with van der Waals surface area (Å²) >= 11 is 2.02. The predicted molar refractivity (Wildman–Crippen MR) is 107 cm³/mol. The lowest BCUT2D eigenvalue weighted by atomic mass is 10.0. The van der Waals surface area contributed by atoms with E-state index in [2.05, 4.69) is 24.8 Å². The topological polar surface area (TPSA) is 188 Å². The van der Waals surface area contributed by atoms with Crippen LogP contribution in [-0.2, 0) is 20.9 Å². The fourth-order valence-corrected chi connectivity index (χ4v) is 5.03. The second-order valence-corrected chi connectivity index (χ2v) is 8.49. The Morgan fingerprint density at radius 3 is 2.88 bits per heavy atom. The smallest absolute Gasteiger partial charge is 0.352 e. The Kier molecular flexibility index (Phi) is 5.70. The van der Waals surface area contributed by atoms with Crippen LogP contribution < -0.4 is 15.6 Å². The Labute approximate surface area is 186 Å². The minimum atomic E-state index is -1.33. The number of aliphatic carboxylic acids is 1. The van der Waals surface area contributed by atoms with E-state index in [1.807, 2.05) is 0 Å². The fourth-order valence-electron chi connectivity index (χ4n) is 3.26. The molecule has 0 spiro atoms. The zero-order valence-corrected chi connectivity index (χ0v) is 17.5. The molecule has 2 amide bonds. The van der Waals surface area contributed by atoms with Crippen LogP contribution in [0, 0.1) is 5.82 Å². The lowest BCUT2D eigenvalue weighted by Crippen LogP contribution is -2.71. The number of halogens is 1. The maximum atomic E-state index is 13.4. The van der Waals surface area contributed by atoms with E-state index < -0.39 is 40.7 Å². The summed E-state index contributed by atoms with van der Waals surface area (Å²) in [5, 5.41) is 23.5. The van der Waals surface area contributed by atoms with E-state index in [9.17, 15) is 23.9 Å². The lowest BCUT2D eigenvalue weighted by Gasteiger charge is -2.49. The third-order valence-electron chi connectivity index (χ3n) is 4.58. The molecule has 2 atom stereocenters. The summed E-state index contributed by atoms with van der Waals surface area (Å²) < 4.78 is 18.6. The van der Waals surface area contributed by atoms with Crippen molar-refractivity contribution >= 4 is 51.9 Å². The van der Waals surface area contributed by atoms with E-state index in [0.29, 0.717) is 5.57 Å². The van der Waals surface area contributed by atoms with Crippen LogP contribution >= 0.6 is 23.3 Å². The second-order valence-electron chi connectivity index (χ2n) is 6.60. The van der Waals surface area contributed by atoms with Gasteiger partial charge in [0.2, 0.25) is 17.4 Å². The van der Waals surface area contributed by atoms with Crippen LogP contribution in [0.3, 0.4) is 0 Å². The summed E-state index contributed by atoms with van der Waals surface area (Å²) in [7, 11) is 0. The molecule has 2 aliphatic heterocycles. The normalized spacial score (nSPS) is 20.6. The summed E-state index contributed by atoms with van der Waals surface area (Å²) in [6, 6.07) is -1.06. The second kappa shape index (κ2) is 8.46. The maximum absolute atomic E-state index is 13.4. The van der Waals surface area contributed by atoms with E-state index in [0.717, 1.165) is 28.8 Å². The molecule has 0 radical (unpaired) electrons. The van der Waals surface area contributed by atoms with Crippen molar-refractivity contribution in [2.24, 2.45) is 5.16 Å². The zero-order valence-electron chi connectivity index (χ0n) is 15.9. The highest BCUT2D eigenvalue weighted by Gasteiger charge is 2.54. The number of anilines is 1. The first-order valence-electron chi connectivity index (χ1n) is 8.82. The molecule has 1 saturated heterocycles. The van der Waals surface area contributed by atoms with Gasteiger partial charge >= 0.3 is 5.97 Å². The number of carboxylic acid groups (broad SMARTS) is 1. The van der Waals surface area contributed by atoms with Crippen molar-refractivity contribution in [3.05, 3.63) is 41.6 Å². The number of β-lactam (4-membered cyclic amide) rings is 1. The SMILES string of the molecule is Nc1nc(/C(=N/O)C(=O)N[C@@H]2C(=O)N3C(C(=O)O)=C(C[n+]4cncc(F)c4)CSC23)ns1. The fraction of sp³-hybridized carbons (Fsp3) is 0.250. The molecule has 5 N–H and O–H groups in total. The van der Waals surface area contributed by atoms with Crippen molar-refractivity contribution < 1.29 is 33.7 Å². The average Bonchev–Trinajstić information content (AvgIpc) is 3.17. The molecule has 32 heavy (non-hydrogen) atoms. The number of oxime groups is 1. The van der Waals surface area contributed by atoms with E-state index in [-0.39, 0.29) is 29.0 Å². The highest BCUT2D eigenvalue weighted by atomic mass is 32.2. The van der Waals surface area contributed by atoms with Crippen molar-refractivity contribution in [2.75, 3.05) is 11.5 Å². The largest absolute Gasteiger partial charge is 0.477 e. The number of fused-ring (bicyclic) bond motifs is 1. The molecule has 0 bridgehead atoms. The Balaban J connectivity index is 1.53. The van der Waals surface area contributed by atoms with Crippen LogP contribution in [0.15, 0.2) is 35.1 Å². The van der Waals surface area contributed by atoms with Gasteiger partial charge in [0.25, 0.3) is 18.1 Å². The number of rotatable bonds is 6. The van der Waals surface area contributed by atoms with Crippen LogP contribution in [-0.4, -0.2) is 70.2 Å². The Hall–Kier alpha value is -3.66. The summed E-state index contributed by atoms with van der Waals surface area (Å²) in [5.41, 5.74) is 5.08. The first kappa shape index (κ1) is 21.6. The number of carboxylic acids is 1. The van der Waals surface area contributed by atoms with Gasteiger partial charge in [-0.15, -0.1) is 11.8 Å². The van der Waals surface area contributed by atoms with Crippen LogP contribution in [0.4, 0.5) is 9.52 Å². The van der Waals surface area contributed by atoms with Crippen LogP contribution in [0.25, 0.3) is 0 Å². The quantitative estimate of drug-likeness (QED) is 0.125. The van der Waals surface area contributed by atoms with Crippen molar-refractivity contribution in [2.45, 2.75) is 18.0 Å². The van der Waals surface area contributed by atoms with Crippen molar-refractivity contribution in [3.63, 3.8) is 0 Å². The van der Waals surface area contributed by atoms with Crippen molar-refractivity contribution in [1.29, 1.82) is 0 Å². The monoisotopic (exact) mass is 481 g/mol. The Morgan fingerprint density at radius 1 is 1.47 bits per heavy atom. The number of nitrogens with zero attached hydrogens (tertiary/aromatic N) is 6. The van der Waals surface area contributed by atoms with Crippen LogP contribution in [0.5, 0.6) is 0 Å².